The maximum absolute atomic E-state index is 10.6. The molecule has 2 fully saturated rings. The molecule has 0 amide bonds. The summed E-state index contributed by atoms with van der Waals surface area (Å²) in [5.74, 6) is 0.213. The summed E-state index contributed by atoms with van der Waals surface area (Å²) in [4.78, 5) is 12.2. The lowest BCUT2D eigenvalue weighted by atomic mass is 10.1. The van der Waals surface area contributed by atoms with Gasteiger partial charge in [-0.3, -0.25) is 4.57 Å². The van der Waals surface area contributed by atoms with E-state index in [-0.39, 0.29) is 18.5 Å². The molecule has 4 heterocycles. The summed E-state index contributed by atoms with van der Waals surface area (Å²) in [5, 5.41) is 21.7. The number of aromatic nitrogens is 4. The molecule has 32 heavy (non-hydrogen) atoms. The zero-order valence-electron chi connectivity index (χ0n) is 16.7. The third-order valence-corrected chi connectivity index (χ3v) is 6.77. The molecule has 0 radical (unpaired) electrons. The fourth-order valence-corrected chi connectivity index (χ4v) is 5.06. The maximum atomic E-state index is 10.6. The first-order valence-corrected chi connectivity index (χ1v) is 11.4. The summed E-state index contributed by atoms with van der Waals surface area (Å²) in [7, 11) is -1.66. The second kappa shape index (κ2) is 9.12. The van der Waals surface area contributed by atoms with Crippen molar-refractivity contribution in [3.05, 3.63) is 47.5 Å². The minimum absolute atomic E-state index is 0.0353. The monoisotopic (exact) mass is 481 g/mol. The van der Waals surface area contributed by atoms with Crippen molar-refractivity contribution in [2.75, 3.05) is 18.9 Å². The van der Waals surface area contributed by atoms with Crippen molar-refractivity contribution in [2.24, 2.45) is 0 Å². The van der Waals surface area contributed by atoms with E-state index in [1.807, 2.05) is 18.2 Å². The molecule has 0 bridgehead atoms. The lowest BCUT2D eigenvalue weighted by Gasteiger charge is -2.29. The largest absolute Gasteiger partial charge is 0.387 e. The molecule has 2 saturated heterocycles. The van der Waals surface area contributed by atoms with E-state index in [1.54, 1.807) is 6.07 Å². The number of anilines is 1. The summed E-state index contributed by atoms with van der Waals surface area (Å²) in [5.41, 5.74) is 7.54. The zero-order chi connectivity index (χ0) is 22.2. The topological polar surface area (TPSA) is 147 Å². The first-order chi connectivity index (χ1) is 15.5. The summed E-state index contributed by atoms with van der Waals surface area (Å²) in [6.07, 6.45) is -0.950. The van der Waals surface area contributed by atoms with Crippen LogP contribution < -0.4 is 5.73 Å². The summed E-state index contributed by atoms with van der Waals surface area (Å²) < 4.78 is 24.7. The quantitative estimate of drug-likeness (QED) is 0.463. The molecule has 6 atom stereocenters. The average molecular weight is 482 g/mol. The van der Waals surface area contributed by atoms with Crippen LogP contribution in [0.2, 0.25) is 5.02 Å². The Bertz CT molecular complexity index is 1110. The molecule has 2 aliphatic rings. The molecule has 4 N–H and O–H groups in total. The van der Waals surface area contributed by atoms with Gasteiger partial charge in [-0.05, 0) is 17.7 Å². The first-order valence-electron chi connectivity index (χ1n) is 9.94. The third-order valence-electron chi connectivity index (χ3n) is 5.35. The van der Waals surface area contributed by atoms with E-state index in [4.69, 9.17) is 35.6 Å². The Balaban J connectivity index is 1.24. The number of halogens is 1. The van der Waals surface area contributed by atoms with Crippen molar-refractivity contribution in [2.45, 2.75) is 37.1 Å². The second-order valence-electron chi connectivity index (χ2n) is 7.42. The van der Waals surface area contributed by atoms with Crippen LogP contribution >= 0.6 is 20.2 Å². The lowest BCUT2D eigenvalue weighted by molar-refractivity contribution is -0.0529. The molecular formula is C19H21ClN5O6P. The molecule has 11 nitrogen and oxygen atoms in total. The number of aliphatic hydroxyl groups excluding tert-OH is 2. The van der Waals surface area contributed by atoms with Gasteiger partial charge in [0.1, 0.15) is 30.2 Å². The van der Waals surface area contributed by atoms with E-state index in [1.165, 1.54) is 17.2 Å². The van der Waals surface area contributed by atoms with Gasteiger partial charge >= 0.3 is 8.60 Å². The van der Waals surface area contributed by atoms with Crippen LogP contribution in [-0.2, 0) is 18.3 Å². The highest BCUT2D eigenvalue weighted by molar-refractivity contribution is 7.41. The van der Waals surface area contributed by atoms with E-state index in [0.717, 1.165) is 5.56 Å². The SMILES string of the molecule is Nc1ncnc2c1ncn2[C@@H]1O[C@H](CO[P@]2OCC[C@@H](c3cccc(Cl)c3)O2)[C@@H](O)[C@H]1O. The van der Waals surface area contributed by atoms with Crippen LogP contribution in [0.3, 0.4) is 0 Å². The van der Waals surface area contributed by atoms with Crippen LogP contribution in [0, 0.1) is 0 Å². The fraction of sp³-hybridized carbons (Fsp3) is 0.421. The summed E-state index contributed by atoms with van der Waals surface area (Å²) >= 11 is 6.08. The molecule has 2 aromatic heterocycles. The van der Waals surface area contributed by atoms with E-state index >= 15 is 0 Å². The molecule has 0 unspecified atom stereocenters. The number of nitrogens with two attached hydrogens (primary N) is 1. The van der Waals surface area contributed by atoms with Crippen molar-refractivity contribution >= 4 is 37.2 Å². The van der Waals surface area contributed by atoms with Crippen LogP contribution in [0.1, 0.15) is 24.3 Å². The van der Waals surface area contributed by atoms with Crippen LogP contribution in [0.25, 0.3) is 11.2 Å². The summed E-state index contributed by atoms with van der Waals surface area (Å²) in [6.45, 7) is 0.427. The number of benzene rings is 1. The molecule has 0 saturated carbocycles. The molecule has 2 aliphatic heterocycles. The standard InChI is InChI=1S/C19H21ClN5O6P/c20-11-3-1-2-10(6-11)12-4-5-28-32(31-12)29-7-13-15(26)16(27)19(30-13)25-9-24-14-17(21)22-8-23-18(14)25/h1-3,6,8-9,12-13,15-16,19,26-27H,4-5,7H2,(H2,21,22,23)/t12-,13+,15+,16+,19+,32-/m0/s1. The smallest absolute Gasteiger partial charge is 0.333 e. The van der Waals surface area contributed by atoms with E-state index in [2.05, 4.69) is 15.0 Å². The van der Waals surface area contributed by atoms with Crippen LogP contribution in [0.5, 0.6) is 0 Å². The fourth-order valence-electron chi connectivity index (χ4n) is 3.71. The normalized spacial score (nSPS) is 30.7. The Morgan fingerprint density at radius 1 is 1.25 bits per heavy atom. The molecule has 0 aliphatic carbocycles. The molecule has 1 aromatic carbocycles. The van der Waals surface area contributed by atoms with Crippen molar-refractivity contribution in [1.82, 2.24) is 19.5 Å². The van der Waals surface area contributed by atoms with Crippen molar-refractivity contribution in [1.29, 1.82) is 0 Å². The van der Waals surface area contributed by atoms with Gasteiger partial charge in [0.05, 0.1) is 25.6 Å². The molecular weight excluding hydrogens is 461 g/mol. The Morgan fingerprint density at radius 2 is 2.12 bits per heavy atom. The molecule has 3 aromatic rings. The highest BCUT2D eigenvalue weighted by Crippen LogP contribution is 2.50. The van der Waals surface area contributed by atoms with E-state index in [9.17, 15) is 10.2 Å². The Kier molecular flexibility index (Phi) is 6.24. The first kappa shape index (κ1) is 21.9. The molecule has 0 spiro atoms. The zero-order valence-corrected chi connectivity index (χ0v) is 18.3. The van der Waals surface area contributed by atoms with Gasteiger partial charge < -0.3 is 34.3 Å². The molecule has 13 heteroatoms. The lowest BCUT2D eigenvalue weighted by Crippen LogP contribution is -2.33. The number of rotatable bonds is 5. The molecule has 170 valence electrons. The Morgan fingerprint density at radius 3 is 2.97 bits per heavy atom. The summed E-state index contributed by atoms with van der Waals surface area (Å²) in [6, 6.07) is 7.45. The van der Waals surface area contributed by atoms with Crippen molar-refractivity contribution in [3.63, 3.8) is 0 Å². The van der Waals surface area contributed by atoms with Gasteiger partial charge in [0, 0.05) is 11.4 Å². The van der Waals surface area contributed by atoms with Gasteiger partial charge in [-0.2, -0.15) is 0 Å². The predicted molar refractivity (Wildman–Crippen MR) is 114 cm³/mol. The van der Waals surface area contributed by atoms with Gasteiger partial charge in [0.2, 0.25) is 0 Å². The van der Waals surface area contributed by atoms with Gasteiger partial charge in [0.25, 0.3) is 0 Å². The highest BCUT2D eigenvalue weighted by Gasteiger charge is 2.45. The second-order valence-corrected chi connectivity index (χ2v) is 9.03. The molecule has 5 rings (SSSR count). The number of aliphatic hydroxyl groups is 2. The minimum Gasteiger partial charge on any atom is -0.387 e. The number of ether oxygens (including phenoxy) is 1. The number of nitrogens with zero attached hydrogens (tertiary/aromatic N) is 4. The van der Waals surface area contributed by atoms with Crippen LogP contribution in [0.15, 0.2) is 36.9 Å². The predicted octanol–water partition coefficient (Wildman–Crippen LogP) is 2.10. The Hall–Kier alpha value is -1.95. The van der Waals surface area contributed by atoms with E-state index < -0.39 is 33.1 Å². The van der Waals surface area contributed by atoms with Crippen molar-refractivity contribution in [3.8, 4) is 0 Å². The van der Waals surface area contributed by atoms with Gasteiger partial charge in [-0.1, -0.05) is 23.7 Å². The Labute approximate surface area is 189 Å². The van der Waals surface area contributed by atoms with Crippen molar-refractivity contribution < 1.29 is 28.5 Å². The number of fused-ring (bicyclic) bond motifs is 1. The highest BCUT2D eigenvalue weighted by atomic mass is 35.5. The number of nitrogen functional groups attached to an aromatic ring is 1. The number of hydrogen-bond acceptors (Lipinski definition) is 10. The van der Waals surface area contributed by atoms with Gasteiger partial charge in [0.15, 0.2) is 17.7 Å². The van der Waals surface area contributed by atoms with Gasteiger partial charge in [-0.15, -0.1) is 0 Å². The maximum Gasteiger partial charge on any atom is 0.333 e. The minimum atomic E-state index is -1.66. The van der Waals surface area contributed by atoms with Crippen LogP contribution in [0.4, 0.5) is 5.82 Å². The number of imidazole rings is 1. The average Bonchev–Trinajstić information content (AvgIpc) is 3.35. The van der Waals surface area contributed by atoms with E-state index in [0.29, 0.717) is 29.2 Å². The van der Waals surface area contributed by atoms with Crippen LogP contribution in [-0.4, -0.2) is 61.3 Å². The number of hydrogen-bond donors (Lipinski definition) is 3. The third kappa shape index (κ3) is 4.18. The van der Waals surface area contributed by atoms with Gasteiger partial charge in [-0.25, -0.2) is 15.0 Å².